The summed E-state index contributed by atoms with van der Waals surface area (Å²) in [6.45, 7) is 18.6. The molecule has 516 valence electrons. The van der Waals surface area contributed by atoms with Gasteiger partial charge in [-0.25, -0.2) is 14.1 Å². The highest BCUT2D eigenvalue weighted by molar-refractivity contribution is 7.47. The molecule has 0 radical (unpaired) electrons. The number of aliphatic imine (C=N–C) groups is 3. The number of nitrogens with two attached hydrogens (primary N) is 6. The first-order valence-electron chi connectivity index (χ1n) is 31.3. The number of nitrogens with zero attached hydrogens (tertiary/aromatic N) is 5. The van der Waals surface area contributed by atoms with Crippen molar-refractivity contribution < 1.29 is 80.8 Å². The van der Waals surface area contributed by atoms with Crippen LogP contribution in [0, 0.1) is 59.2 Å². The maximum absolute atomic E-state index is 14.4. The van der Waals surface area contributed by atoms with Crippen molar-refractivity contribution in [3.8, 4) is 0 Å². The molecule has 0 saturated carbocycles. The van der Waals surface area contributed by atoms with E-state index in [4.69, 9.17) is 67.7 Å². The lowest BCUT2D eigenvalue weighted by molar-refractivity contribution is -0.124. The number of ether oxygens (including phenoxy) is 1. The van der Waals surface area contributed by atoms with Gasteiger partial charge in [-0.15, -0.1) is 0 Å². The van der Waals surface area contributed by atoms with Gasteiger partial charge in [-0.2, -0.15) is 0 Å². The highest BCUT2D eigenvalue weighted by atomic mass is 31.2. The molecule has 30 nitrogen and oxygen atoms in total. The standard InChI is InChI=1S/C62H91N13O17P2/c1-29-20-39-40(21-30(29)2)75(28-70-39)57-52(83)53(41(90-57)27-89-93(84,85)86)92-94(87,88)91-31(3)26-69-49(82)18-19-59(8)37(22-46(66)79)56-62(11)61(10,25-48(68)81)36(14-17-45(65)78)51(74-62)33(5)55-60(9,24-47(67)80)34(12-15-43(63)76)38(71-55)23-42-58(6,7)35(13-16-44(64)77)50(72-42)32(4)54(59)73-56/h20-21,23,28,31,34-37,41,52-53,56-57,71,83H,12-19,22,24-27H2,1-11H3,(H2,63,76)(H2,64,77)(H2,65,78)(H2,66,79)(H2,67,80)(H2,68,81)(H,69,82)(H,87,88)(H2,84,85,86)/b38-23?,50-32?,55-33-/t31-,34-,35-,36-,37+,41-,52-,53-,56?,57+,59-,60+,61+,62+/m1/s1. The van der Waals surface area contributed by atoms with Crippen LogP contribution in [-0.4, -0.2) is 137 Å². The summed E-state index contributed by atoms with van der Waals surface area (Å²) in [6.07, 6.45) is -5.68. The van der Waals surface area contributed by atoms with E-state index in [0.29, 0.717) is 56.4 Å². The molecular formula is C62H91N13O17P2. The van der Waals surface area contributed by atoms with Gasteiger partial charge in [0, 0.05) is 131 Å². The van der Waals surface area contributed by atoms with Crippen LogP contribution in [0.15, 0.2) is 67.8 Å². The monoisotopic (exact) mass is 1350 g/mol. The molecule has 0 aliphatic carbocycles. The number of nitrogens with one attached hydrogen (secondary N) is 2. The van der Waals surface area contributed by atoms with E-state index in [2.05, 4.69) is 15.6 Å². The first kappa shape index (κ1) is 73.0. The minimum absolute atomic E-state index is 0.0467. The maximum Gasteiger partial charge on any atom is 0.472 e. The number of allylic oxidation sites excluding steroid dienone is 6. The average Bonchev–Trinajstić information content (AvgIpc) is 1.53. The maximum atomic E-state index is 14.4. The third-order valence-electron chi connectivity index (χ3n) is 20.8. The minimum Gasteiger partial charge on any atom is -0.386 e. The van der Waals surface area contributed by atoms with Gasteiger partial charge >= 0.3 is 15.6 Å². The molecule has 6 aliphatic rings. The van der Waals surface area contributed by atoms with Crippen molar-refractivity contribution in [2.45, 2.75) is 189 Å². The van der Waals surface area contributed by atoms with Gasteiger partial charge in [-0.05, 0) is 108 Å². The summed E-state index contributed by atoms with van der Waals surface area (Å²) in [5, 5.41) is 18.0. The zero-order valence-corrected chi connectivity index (χ0v) is 56.8. The fourth-order valence-electron chi connectivity index (χ4n) is 15.6. The average molecular weight is 1350 g/mol. The Bertz CT molecular complexity index is 3740. The van der Waals surface area contributed by atoms with Gasteiger partial charge in [0.05, 0.1) is 41.7 Å². The van der Waals surface area contributed by atoms with Crippen LogP contribution in [0.2, 0.25) is 0 Å². The van der Waals surface area contributed by atoms with Gasteiger partial charge in [0.1, 0.15) is 18.3 Å². The number of carbonyl (C=O) groups is 7. The third-order valence-corrected chi connectivity index (χ3v) is 22.4. The van der Waals surface area contributed by atoms with E-state index in [0.717, 1.165) is 11.1 Å². The predicted octanol–water partition coefficient (Wildman–Crippen LogP) is 3.28. The van der Waals surface area contributed by atoms with Crippen LogP contribution in [0.3, 0.4) is 0 Å². The zero-order chi connectivity index (χ0) is 69.9. The molecule has 2 aromatic rings. The second-order valence-electron chi connectivity index (χ2n) is 27.7. The molecule has 2 unspecified atom stereocenters. The number of hydrogen-bond donors (Lipinski definition) is 12. The zero-order valence-electron chi connectivity index (χ0n) is 55.0. The van der Waals surface area contributed by atoms with Crippen LogP contribution < -0.4 is 45.0 Å². The molecule has 7 heterocycles. The van der Waals surface area contributed by atoms with Crippen molar-refractivity contribution in [3.63, 3.8) is 0 Å². The Labute approximate surface area is 544 Å². The number of aliphatic hydroxyl groups is 1. The lowest BCUT2D eigenvalue weighted by atomic mass is 9.55. The number of benzene rings is 1. The SMILES string of the molecule is CC1=C2N=C(C=C3N/C(=C(/C)C4=N[C@@](C)(C5N=C1[C@](C)(CCC(=O)NC[C@@H](C)OP(=O)(O)O[C@H]1[C@@H](O)[C@@H](n6cnc7cc(C)c(C)cc76)O[C@@H]1COP(=O)(O)O)[C@H]5CC(N)=O)[C@@](C)(CC(N)=O)[C@@H]4CCC(N)=O)[C@@](C)(CC(N)=O)[C@@H]3CCC(N)=O)C(C)(C)[C@@H]2CCC(N)=O. The van der Waals surface area contributed by atoms with Crippen molar-refractivity contribution >= 4 is 85.2 Å². The smallest absolute Gasteiger partial charge is 0.386 e. The number of fused-ring (bicyclic) bond motifs is 7. The number of carbonyl (C=O) groups excluding carboxylic acids is 7. The Morgan fingerprint density at radius 1 is 0.777 bits per heavy atom. The van der Waals surface area contributed by atoms with Gasteiger partial charge in [0.2, 0.25) is 41.4 Å². The normalized spacial score (nSPS) is 32.1. The molecule has 2 saturated heterocycles. The summed E-state index contributed by atoms with van der Waals surface area (Å²) in [6, 6.07) is 2.52. The number of aromatic nitrogens is 2. The minimum atomic E-state index is -5.26. The van der Waals surface area contributed by atoms with E-state index in [1.807, 2.05) is 67.5 Å². The summed E-state index contributed by atoms with van der Waals surface area (Å²) in [5.74, 6) is -7.46. The molecule has 7 amide bonds. The van der Waals surface area contributed by atoms with Crippen molar-refractivity contribution in [1.29, 1.82) is 0 Å². The number of aryl methyl sites for hydroxylation is 2. The fourth-order valence-corrected chi connectivity index (χ4v) is 17.1. The highest BCUT2D eigenvalue weighted by Gasteiger charge is 2.66. The Morgan fingerprint density at radius 2 is 1.37 bits per heavy atom. The molecule has 1 aromatic carbocycles. The molecule has 94 heavy (non-hydrogen) atoms. The summed E-state index contributed by atoms with van der Waals surface area (Å²) in [5.41, 5.74) is 36.7. The molecule has 8 rings (SSSR count). The summed E-state index contributed by atoms with van der Waals surface area (Å²) < 4.78 is 48.9. The lowest BCUT2D eigenvalue weighted by Gasteiger charge is -2.48. The molecule has 6 aliphatic heterocycles. The second kappa shape index (κ2) is 27.0. The predicted molar refractivity (Wildman–Crippen MR) is 345 cm³/mol. The third kappa shape index (κ3) is 14.5. The van der Waals surface area contributed by atoms with Crippen LogP contribution in [0.25, 0.3) is 11.0 Å². The highest BCUT2D eigenvalue weighted by Crippen LogP contribution is 2.63. The molecule has 18 N–H and O–H groups in total. The van der Waals surface area contributed by atoms with Crippen molar-refractivity contribution in [2.24, 2.45) is 94.7 Å². The summed E-state index contributed by atoms with van der Waals surface area (Å²) in [7, 11) is -10.4. The van der Waals surface area contributed by atoms with Crippen LogP contribution in [-0.2, 0) is 61.0 Å². The Hall–Kier alpha value is -6.85. The Balaban J connectivity index is 1.19. The van der Waals surface area contributed by atoms with E-state index < -0.39 is 158 Å². The fraction of sp³-hybridized carbons (Fsp3) is 0.629. The van der Waals surface area contributed by atoms with E-state index in [1.165, 1.54) is 17.8 Å². The second-order valence-corrected chi connectivity index (χ2v) is 30.3. The van der Waals surface area contributed by atoms with Crippen molar-refractivity contribution in [1.82, 2.24) is 20.2 Å². The van der Waals surface area contributed by atoms with Crippen LogP contribution in [0.5, 0.6) is 0 Å². The van der Waals surface area contributed by atoms with Gasteiger partial charge in [0.25, 0.3) is 0 Å². The quantitative estimate of drug-likeness (QED) is 0.0544. The molecule has 32 heteroatoms. The van der Waals surface area contributed by atoms with Gasteiger partial charge < -0.3 is 74.1 Å². The summed E-state index contributed by atoms with van der Waals surface area (Å²) >= 11 is 0. The molecule has 8 bridgehead atoms. The van der Waals surface area contributed by atoms with E-state index in [1.54, 1.807) is 19.9 Å². The topological polar surface area (TPSA) is 507 Å². The van der Waals surface area contributed by atoms with Gasteiger partial charge in [-0.3, -0.25) is 62.1 Å². The van der Waals surface area contributed by atoms with Crippen LogP contribution >= 0.6 is 15.6 Å². The number of amides is 7. The lowest BCUT2D eigenvalue weighted by Crippen LogP contribution is -2.56. The number of primary amides is 6. The van der Waals surface area contributed by atoms with Crippen molar-refractivity contribution in [3.05, 3.63) is 63.9 Å². The van der Waals surface area contributed by atoms with E-state index in [-0.39, 0.29) is 70.6 Å². The number of phosphoric acid groups is 2. The number of rotatable bonds is 28. The van der Waals surface area contributed by atoms with E-state index >= 15 is 0 Å². The van der Waals surface area contributed by atoms with E-state index in [9.17, 15) is 62.5 Å². The van der Waals surface area contributed by atoms with Crippen LogP contribution in [0.1, 0.15) is 150 Å². The number of hydrogen-bond acceptors (Lipinski definition) is 19. The van der Waals surface area contributed by atoms with Gasteiger partial charge in [-0.1, -0.05) is 34.6 Å². The molecule has 2 fully saturated rings. The Morgan fingerprint density at radius 3 is 1.96 bits per heavy atom. The number of phosphoric ester groups is 2. The first-order valence-corrected chi connectivity index (χ1v) is 34.3. The summed E-state index contributed by atoms with van der Waals surface area (Å²) in [4.78, 5) is 145. The van der Waals surface area contributed by atoms with Crippen LogP contribution in [0.4, 0.5) is 0 Å². The number of imidazole rings is 1. The van der Waals surface area contributed by atoms with Gasteiger partial charge in [0.15, 0.2) is 6.23 Å². The largest absolute Gasteiger partial charge is 0.472 e. The van der Waals surface area contributed by atoms with Crippen molar-refractivity contribution in [2.75, 3.05) is 13.2 Å². The molecular weight excluding hydrogens is 1260 g/mol. The molecule has 1 aromatic heterocycles. The Kier molecular flexibility index (Phi) is 20.9. The molecule has 15 atom stereocenters. The number of aliphatic hydroxyl groups excluding tert-OH is 1. The molecule has 0 spiro atoms. The first-order chi connectivity index (χ1) is 43.5.